The van der Waals surface area contributed by atoms with Crippen LogP contribution in [0.5, 0.6) is 5.75 Å². The number of para-hydroxylation sites is 2. The highest BCUT2D eigenvalue weighted by atomic mass is 16.5. The van der Waals surface area contributed by atoms with Gasteiger partial charge in [0.05, 0.1) is 31.9 Å². The number of anilines is 1. The number of carbonyl (C=O) groups excluding carboxylic acids is 2. The lowest BCUT2D eigenvalue weighted by atomic mass is 10.0. The zero-order valence-electron chi connectivity index (χ0n) is 17.2. The molecule has 1 heterocycles. The summed E-state index contributed by atoms with van der Waals surface area (Å²) in [5.74, 6) is -0.137. The third-order valence-electron chi connectivity index (χ3n) is 4.76. The summed E-state index contributed by atoms with van der Waals surface area (Å²) >= 11 is 0. The van der Waals surface area contributed by atoms with Crippen LogP contribution in [0, 0.1) is 0 Å². The zero-order valence-corrected chi connectivity index (χ0v) is 17.2. The van der Waals surface area contributed by atoms with Crippen molar-refractivity contribution >= 4 is 23.1 Å². The maximum atomic E-state index is 13.3. The summed E-state index contributed by atoms with van der Waals surface area (Å²) in [6.07, 6.45) is 0.0240. The third-order valence-corrected chi connectivity index (χ3v) is 4.76. The number of rotatable bonds is 8. The molecule has 152 valence electrons. The predicted octanol–water partition coefficient (Wildman–Crippen LogP) is 3.34. The van der Waals surface area contributed by atoms with Crippen molar-refractivity contribution < 1.29 is 19.1 Å². The van der Waals surface area contributed by atoms with E-state index in [0.717, 1.165) is 5.69 Å². The van der Waals surface area contributed by atoms with E-state index in [4.69, 9.17) is 9.47 Å². The lowest BCUT2D eigenvalue weighted by Crippen LogP contribution is -2.37. The number of hydrogen-bond acceptors (Lipinski definition) is 5. The third kappa shape index (κ3) is 4.17. The first kappa shape index (κ1) is 20.6. The molecule has 6 heteroatoms. The molecular formula is C23H26N2O4. The van der Waals surface area contributed by atoms with Gasteiger partial charge in [0.15, 0.2) is 0 Å². The number of benzene rings is 2. The number of imide groups is 1. The minimum atomic E-state index is -0.343. The Morgan fingerprint density at radius 1 is 0.966 bits per heavy atom. The summed E-state index contributed by atoms with van der Waals surface area (Å²) < 4.78 is 11.0. The largest absolute Gasteiger partial charge is 0.496 e. The number of hydrogen-bond donors (Lipinski definition) is 0. The second-order valence-corrected chi connectivity index (χ2v) is 7.00. The van der Waals surface area contributed by atoms with E-state index >= 15 is 0 Å². The molecular weight excluding hydrogens is 368 g/mol. The second kappa shape index (κ2) is 8.92. The van der Waals surface area contributed by atoms with Crippen LogP contribution in [0.1, 0.15) is 19.4 Å². The molecule has 3 rings (SSSR count). The lowest BCUT2D eigenvalue weighted by Gasteiger charge is -2.22. The summed E-state index contributed by atoms with van der Waals surface area (Å²) in [7, 11) is 3.34. The molecule has 0 unspecified atom stereocenters. The fourth-order valence-corrected chi connectivity index (χ4v) is 3.33. The first-order chi connectivity index (χ1) is 14.0. The van der Waals surface area contributed by atoms with Crippen molar-refractivity contribution in [2.45, 2.75) is 20.0 Å². The molecule has 1 aliphatic heterocycles. The topological polar surface area (TPSA) is 59.1 Å². The van der Waals surface area contributed by atoms with Crippen molar-refractivity contribution in [2.75, 3.05) is 32.2 Å². The van der Waals surface area contributed by atoms with Gasteiger partial charge in [0.25, 0.3) is 11.8 Å². The van der Waals surface area contributed by atoms with Crippen LogP contribution in [0.2, 0.25) is 0 Å². The van der Waals surface area contributed by atoms with Gasteiger partial charge < -0.3 is 14.4 Å². The molecule has 0 fully saturated rings. The first-order valence-corrected chi connectivity index (χ1v) is 9.60. The zero-order chi connectivity index (χ0) is 21.0. The summed E-state index contributed by atoms with van der Waals surface area (Å²) in [6, 6.07) is 16.7. The summed E-state index contributed by atoms with van der Waals surface area (Å²) in [6.45, 7) is 4.32. The molecule has 1 aliphatic rings. The van der Waals surface area contributed by atoms with E-state index in [1.165, 1.54) is 4.90 Å². The van der Waals surface area contributed by atoms with Crippen LogP contribution in [-0.2, 0) is 14.3 Å². The molecule has 0 aromatic heterocycles. The second-order valence-electron chi connectivity index (χ2n) is 7.00. The van der Waals surface area contributed by atoms with Gasteiger partial charge in [-0.25, -0.2) is 0 Å². The highest BCUT2D eigenvalue weighted by Crippen LogP contribution is 2.37. The average Bonchev–Trinajstić information content (AvgIpc) is 2.98. The highest BCUT2D eigenvalue weighted by Gasteiger charge is 2.41. The van der Waals surface area contributed by atoms with Gasteiger partial charge in [-0.3, -0.25) is 14.5 Å². The van der Waals surface area contributed by atoms with Gasteiger partial charge in [-0.1, -0.05) is 36.4 Å². The monoisotopic (exact) mass is 394 g/mol. The molecule has 2 amide bonds. The van der Waals surface area contributed by atoms with Crippen molar-refractivity contribution in [3.8, 4) is 5.75 Å². The maximum absolute atomic E-state index is 13.3. The van der Waals surface area contributed by atoms with Gasteiger partial charge in [-0.15, -0.1) is 0 Å². The van der Waals surface area contributed by atoms with Gasteiger partial charge in [-0.2, -0.15) is 0 Å². The molecule has 29 heavy (non-hydrogen) atoms. The minimum Gasteiger partial charge on any atom is -0.496 e. The van der Waals surface area contributed by atoms with Crippen molar-refractivity contribution in [2.24, 2.45) is 0 Å². The van der Waals surface area contributed by atoms with E-state index in [1.54, 1.807) is 31.2 Å². The molecule has 0 radical (unpaired) electrons. The fraction of sp³-hybridized carbons (Fsp3) is 0.304. The minimum absolute atomic E-state index is 0.0240. The normalized spacial score (nSPS) is 14.2. The molecule has 0 N–H and O–H groups in total. The Hall–Kier alpha value is -3.12. The first-order valence-electron chi connectivity index (χ1n) is 9.60. The van der Waals surface area contributed by atoms with E-state index < -0.39 is 0 Å². The standard InChI is InChI=1S/C23H26N2O4/c1-16(2)29-15-14-25-22(26)20(18-12-8-9-13-19(18)28-4)21(23(25)27)24(3)17-10-6-5-7-11-17/h5-13,16H,14-15H2,1-4H3. The Morgan fingerprint density at radius 2 is 1.62 bits per heavy atom. The molecule has 0 saturated carbocycles. The smallest absolute Gasteiger partial charge is 0.278 e. The SMILES string of the molecule is COc1ccccc1C1=C(N(C)c2ccccc2)C(=O)N(CCOC(C)C)C1=O. The number of amides is 2. The van der Waals surface area contributed by atoms with Crippen molar-refractivity contribution in [3.05, 3.63) is 65.9 Å². The van der Waals surface area contributed by atoms with Crippen molar-refractivity contribution in [1.29, 1.82) is 0 Å². The molecule has 2 aromatic carbocycles. The van der Waals surface area contributed by atoms with Gasteiger partial charge in [-0.05, 0) is 32.0 Å². The Bertz CT molecular complexity index is 921. The molecule has 0 atom stereocenters. The van der Waals surface area contributed by atoms with E-state index in [0.29, 0.717) is 22.6 Å². The summed E-state index contributed by atoms with van der Waals surface area (Å²) in [5.41, 5.74) is 2.08. The number of likely N-dealkylation sites (N-methyl/N-ethyl adjacent to an activating group) is 1. The summed E-state index contributed by atoms with van der Waals surface area (Å²) in [4.78, 5) is 29.6. The molecule has 0 aliphatic carbocycles. The number of nitrogens with zero attached hydrogens (tertiary/aromatic N) is 2. The molecule has 0 saturated heterocycles. The van der Waals surface area contributed by atoms with Crippen LogP contribution >= 0.6 is 0 Å². The Morgan fingerprint density at radius 3 is 2.28 bits per heavy atom. The highest BCUT2D eigenvalue weighted by molar-refractivity contribution is 6.37. The van der Waals surface area contributed by atoms with E-state index in [2.05, 4.69) is 0 Å². The van der Waals surface area contributed by atoms with E-state index in [-0.39, 0.29) is 31.1 Å². The van der Waals surface area contributed by atoms with Crippen molar-refractivity contribution in [3.63, 3.8) is 0 Å². The maximum Gasteiger partial charge on any atom is 0.278 e. The van der Waals surface area contributed by atoms with Crippen LogP contribution in [0.4, 0.5) is 5.69 Å². The van der Waals surface area contributed by atoms with Gasteiger partial charge in [0.1, 0.15) is 11.4 Å². The van der Waals surface area contributed by atoms with E-state index in [9.17, 15) is 9.59 Å². The van der Waals surface area contributed by atoms with Gasteiger partial charge in [0, 0.05) is 18.3 Å². The Labute approximate surface area is 171 Å². The summed E-state index contributed by atoms with van der Waals surface area (Å²) in [5, 5.41) is 0. The Balaban J connectivity index is 2.07. The van der Waals surface area contributed by atoms with Gasteiger partial charge in [0.2, 0.25) is 0 Å². The van der Waals surface area contributed by atoms with Crippen LogP contribution in [0.25, 0.3) is 5.57 Å². The fourth-order valence-electron chi connectivity index (χ4n) is 3.33. The quantitative estimate of drug-likeness (QED) is 0.643. The average molecular weight is 394 g/mol. The predicted molar refractivity (Wildman–Crippen MR) is 113 cm³/mol. The Kier molecular flexibility index (Phi) is 6.34. The van der Waals surface area contributed by atoms with Crippen LogP contribution in [-0.4, -0.2) is 50.1 Å². The molecule has 0 spiro atoms. The van der Waals surface area contributed by atoms with Crippen LogP contribution in [0.3, 0.4) is 0 Å². The molecule has 2 aromatic rings. The van der Waals surface area contributed by atoms with Crippen molar-refractivity contribution in [1.82, 2.24) is 4.90 Å². The number of carbonyl (C=O) groups is 2. The lowest BCUT2D eigenvalue weighted by molar-refractivity contribution is -0.138. The molecule has 6 nitrogen and oxygen atoms in total. The van der Waals surface area contributed by atoms with Gasteiger partial charge >= 0.3 is 0 Å². The molecule has 0 bridgehead atoms. The van der Waals surface area contributed by atoms with Crippen LogP contribution in [0.15, 0.2) is 60.3 Å². The van der Waals surface area contributed by atoms with Crippen LogP contribution < -0.4 is 9.64 Å². The number of ether oxygens (including phenoxy) is 2. The number of methoxy groups -OCH3 is 1. The van der Waals surface area contributed by atoms with E-state index in [1.807, 2.05) is 56.3 Å².